The fourth-order valence-corrected chi connectivity index (χ4v) is 4.06. The lowest BCUT2D eigenvalue weighted by molar-refractivity contribution is 0.456. The van der Waals surface area contributed by atoms with Crippen molar-refractivity contribution in [1.29, 1.82) is 0 Å². The fourth-order valence-electron chi connectivity index (χ4n) is 3.06. The van der Waals surface area contributed by atoms with Crippen LogP contribution in [0.4, 0.5) is 8.78 Å². The lowest BCUT2D eigenvalue weighted by atomic mass is 9.81. The van der Waals surface area contributed by atoms with Crippen molar-refractivity contribution < 1.29 is 8.78 Å². The molecule has 3 rings (SSSR count). The highest BCUT2D eigenvalue weighted by molar-refractivity contribution is 7.10. The van der Waals surface area contributed by atoms with Crippen LogP contribution in [0.5, 0.6) is 0 Å². The Morgan fingerprint density at radius 3 is 3.00 bits per heavy atom. The van der Waals surface area contributed by atoms with Crippen molar-refractivity contribution in [3.8, 4) is 0 Å². The van der Waals surface area contributed by atoms with E-state index in [4.69, 9.17) is 5.73 Å². The molecule has 1 nitrogen and oxygen atoms in total. The van der Waals surface area contributed by atoms with Crippen LogP contribution >= 0.6 is 11.3 Å². The monoisotopic (exact) mass is 293 g/mol. The molecular formula is C16H17F2NS. The fraction of sp³-hybridized carbons (Fsp3) is 0.375. The molecule has 1 aliphatic rings. The summed E-state index contributed by atoms with van der Waals surface area (Å²) in [6.45, 7) is 0. The van der Waals surface area contributed by atoms with Crippen molar-refractivity contribution in [3.63, 3.8) is 0 Å². The zero-order valence-corrected chi connectivity index (χ0v) is 11.9. The van der Waals surface area contributed by atoms with Gasteiger partial charge in [0.25, 0.3) is 0 Å². The summed E-state index contributed by atoms with van der Waals surface area (Å²) < 4.78 is 26.9. The van der Waals surface area contributed by atoms with Crippen molar-refractivity contribution >= 4 is 11.3 Å². The number of aryl methyl sites for hydroxylation is 1. The Kier molecular flexibility index (Phi) is 3.85. The van der Waals surface area contributed by atoms with E-state index in [9.17, 15) is 8.78 Å². The van der Waals surface area contributed by atoms with Crippen LogP contribution < -0.4 is 5.73 Å². The van der Waals surface area contributed by atoms with Gasteiger partial charge in [-0.1, -0.05) is 0 Å². The van der Waals surface area contributed by atoms with Crippen LogP contribution in [-0.4, -0.2) is 6.04 Å². The van der Waals surface area contributed by atoms with Gasteiger partial charge < -0.3 is 5.73 Å². The molecule has 20 heavy (non-hydrogen) atoms. The minimum atomic E-state index is -0.409. The molecule has 2 N–H and O–H groups in total. The van der Waals surface area contributed by atoms with Gasteiger partial charge in [0.15, 0.2) is 0 Å². The van der Waals surface area contributed by atoms with Crippen LogP contribution in [0.2, 0.25) is 0 Å². The van der Waals surface area contributed by atoms with Crippen LogP contribution in [0.25, 0.3) is 0 Å². The van der Waals surface area contributed by atoms with Crippen LogP contribution in [0.1, 0.15) is 34.8 Å². The normalized spacial score (nSPS) is 19.6. The van der Waals surface area contributed by atoms with Crippen LogP contribution in [0.3, 0.4) is 0 Å². The number of benzene rings is 1. The molecule has 2 atom stereocenters. The minimum absolute atomic E-state index is 0.167. The molecule has 0 bridgehead atoms. The summed E-state index contributed by atoms with van der Waals surface area (Å²) in [5.74, 6) is -0.524. The van der Waals surface area contributed by atoms with E-state index in [-0.39, 0.29) is 17.8 Å². The highest BCUT2D eigenvalue weighted by Gasteiger charge is 2.27. The van der Waals surface area contributed by atoms with Crippen molar-refractivity contribution in [1.82, 2.24) is 0 Å². The molecule has 1 heterocycles. The Labute approximate surface area is 121 Å². The van der Waals surface area contributed by atoms with E-state index >= 15 is 0 Å². The van der Waals surface area contributed by atoms with E-state index in [2.05, 4.69) is 11.4 Å². The summed E-state index contributed by atoms with van der Waals surface area (Å²) in [6, 6.07) is 5.54. The summed E-state index contributed by atoms with van der Waals surface area (Å²) in [5, 5.41) is 2.10. The molecule has 0 saturated heterocycles. The lowest BCUT2D eigenvalue weighted by Gasteiger charge is -2.28. The van der Waals surface area contributed by atoms with E-state index in [1.165, 1.54) is 22.6 Å². The SMILES string of the molecule is NC(Cc1cc(F)ccc1F)C1CCCc2sccc21. The summed E-state index contributed by atoms with van der Waals surface area (Å²) in [4.78, 5) is 1.40. The minimum Gasteiger partial charge on any atom is -0.327 e. The molecule has 4 heteroatoms. The summed E-state index contributed by atoms with van der Waals surface area (Å²) in [7, 11) is 0. The Balaban J connectivity index is 1.81. The molecule has 0 amide bonds. The predicted molar refractivity (Wildman–Crippen MR) is 78.0 cm³/mol. The topological polar surface area (TPSA) is 26.0 Å². The first kappa shape index (κ1) is 13.7. The number of fused-ring (bicyclic) bond motifs is 1. The quantitative estimate of drug-likeness (QED) is 0.909. The first-order valence-corrected chi connectivity index (χ1v) is 7.79. The van der Waals surface area contributed by atoms with Gasteiger partial charge in [0.2, 0.25) is 0 Å². The van der Waals surface area contributed by atoms with E-state index in [1.807, 2.05) is 0 Å². The van der Waals surface area contributed by atoms with Crippen molar-refractivity contribution in [2.45, 2.75) is 37.6 Å². The van der Waals surface area contributed by atoms with Crippen LogP contribution in [0, 0.1) is 11.6 Å². The number of halogens is 2. The van der Waals surface area contributed by atoms with Crippen LogP contribution in [0.15, 0.2) is 29.6 Å². The van der Waals surface area contributed by atoms with Gasteiger partial charge in [0.05, 0.1) is 0 Å². The molecule has 1 aromatic heterocycles. The molecule has 2 unspecified atom stereocenters. The van der Waals surface area contributed by atoms with Gasteiger partial charge in [-0.3, -0.25) is 0 Å². The maximum absolute atomic E-state index is 13.7. The zero-order chi connectivity index (χ0) is 14.1. The molecule has 0 saturated carbocycles. The second kappa shape index (κ2) is 5.62. The van der Waals surface area contributed by atoms with E-state index in [0.717, 1.165) is 25.3 Å². The molecule has 0 aliphatic heterocycles. The summed E-state index contributed by atoms with van der Waals surface area (Å²) >= 11 is 1.77. The van der Waals surface area contributed by atoms with Crippen molar-refractivity contribution in [2.75, 3.05) is 0 Å². The van der Waals surface area contributed by atoms with E-state index in [0.29, 0.717) is 12.0 Å². The van der Waals surface area contributed by atoms with Gasteiger partial charge in [-0.25, -0.2) is 8.78 Å². The lowest BCUT2D eigenvalue weighted by Crippen LogP contribution is -2.32. The standard InChI is InChI=1S/C16H17F2NS/c17-11-4-5-14(18)10(8-11)9-15(19)12-2-1-3-16-13(12)6-7-20-16/h4-8,12,15H,1-3,9,19H2. The Hall–Kier alpha value is -1.26. The van der Waals surface area contributed by atoms with E-state index < -0.39 is 5.82 Å². The molecule has 1 aliphatic carbocycles. The maximum Gasteiger partial charge on any atom is 0.126 e. The van der Waals surface area contributed by atoms with Gasteiger partial charge in [0.1, 0.15) is 11.6 Å². The zero-order valence-electron chi connectivity index (χ0n) is 11.1. The largest absolute Gasteiger partial charge is 0.327 e. The maximum atomic E-state index is 13.7. The average molecular weight is 293 g/mol. The average Bonchev–Trinajstić information content (AvgIpc) is 2.91. The summed E-state index contributed by atoms with van der Waals surface area (Å²) in [6.07, 6.45) is 3.65. The van der Waals surface area contributed by atoms with Gasteiger partial charge >= 0.3 is 0 Å². The Morgan fingerprint density at radius 1 is 1.30 bits per heavy atom. The third-order valence-corrected chi connectivity index (χ3v) is 5.08. The predicted octanol–water partition coefficient (Wildman–Crippen LogP) is 4.02. The first-order valence-electron chi connectivity index (χ1n) is 6.91. The molecule has 0 radical (unpaired) electrons. The Morgan fingerprint density at radius 2 is 2.15 bits per heavy atom. The third-order valence-electron chi connectivity index (χ3n) is 4.08. The van der Waals surface area contributed by atoms with Gasteiger partial charge in [-0.2, -0.15) is 0 Å². The third kappa shape index (κ3) is 2.63. The molecule has 1 aromatic carbocycles. The molecule has 0 fully saturated rings. The van der Waals surface area contributed by atoms with Crippen molar-refractivity contribution in [2.24, 2.45) is 5.73 Å². The number of hydrogen-bond acceptors (Lipinski definition) is 2. The highest BCUT2D eigenvalue weighted by Crippen LogP contribution is 2.37. The van der Waals surface area contributed by atoms with Gasteiger partial charge in [-0.05, 0) is 66.5 Å². The number of nitrogens with two attached hydrogens (primary N) is 1. The van der Waals surface area contributed by atoms with E-state index in [1.54, 1.807) is 11.3 Å². The number of thiophene rings is 1. The first-order chi connectivity index (χ1) is 9.65. The number of hydrogen-bond donors (Lipinski definition) is 1. The van der Waals surface area contributed by atoms with Crippen LogP contribution in [-0.2, 0) is 12.8 Å². The van der Waals surface area contributed by atoms with Gasteiger partial charge in [-0.15, -0.1) is 11.3 Å². The Bertz CT molecular complexity index is 608. The summed E-state index contributed by atoms with van der Waals surface area (Å²) in [5.41, 5.74) is 7.97. The molecule has 0 spiro atoms. The molecule has 2 aromatic rings. The molecular weight excluding hydrogens is 276 g/mol. The smallest absolute Gasteiger partial charge is 0.126 e. The number of rotatable bonds is 3. The van der Waals surface area contributed by atoms with Gasteiger partial charge in [0, 0.05) is 16.8 Å². The van der Waals surface area contributed by atoms with Crippen molar-refractivity contribution in [3.05, 3.63) is 57.3 Å². The highest BCUT2D eigenvalue weighted by atomic mass is 32.1. The second-order valence-electron chi connectivity index (χ2n) is 5.40. The molecule has 106 valence electrons. The second-order valence-corrected chi connectivity index (χ2v) is 6.40.